The lowest BCUT2D eigenvalue weighted by atomic mass is 9.78. The molecule has 0 radical (unpaired) electrons. The highest BCUT2D eigenvalue weighted by Gasteiger charge is 2.34. The summed E-state index contributed by atoms with van der Waals surface area (Å²) < 4.78 is 0. The van der Waals surface area contributed by atoms with Crippen molar-refractivity contribution in [3.63, 3.8) is 0 Å². The predicted molar refractivity (Wildman–Crippen MR) is 64.4 cm³/mol. The fourth-order valence-electron chi connectivity index (χ4n) is 2.91. The fourth-order valence-corrected chi connectivity index (χ4v) is 2.91. The van der Waals surface area contributed by atoms with Crippen LogP contribution in [0.4, 0.5) is 0 Å². The van der Waals surface area contributed by atoms with Crippen molar-refractivity contribution in [1.29, 1.82) is 0 Å². The van der Waals surface area contributed by atoms with Gasteiger partial charge in [-0.1, -0.05) is 48.0 Å². The van der Waals surface area contributed by atoms with Gasteiger partial charge in [-0.05, 0) is 41.9 Å². The first kappa shape index (κ1) is 12.1. The number of rotatable bonds is 1. The molecule has 0 amide bonds. The summed E-state index contributed by atoms with van der Waals surface area (Å²) in [4.78, 5) is 0. The van der Waals surface area contributed by atoms with Crippen LogP contribution in [0.25, 0.3) is 0 Å². The van der Waals surface area contributed by atoms with Crippen LogP contribution in [0.15, 0.2) is 0 Å². The van der Waals surface area contributed by atoms with Gasteiger partial charge in [-0.15, -0.1) is 0 Å². The van der Waals surface area contributed by atoms with Crippen LogP contribution in [-0.4, -0.2) is 0 Å². The van der Waals surface area contributed by atoms with Gasteiger partial charge in [0.15, 0.2) is 0 Å². The van der Waals surface area contributed by atoms with E-state index in [9.17, 15) is 0 Å². The van der Waals surface area contributed by atoms with Gasteiger partial charge in [0.25, 0.3) is 0 Å². The summed E-state index contributed by atoms with van der Waals surface area (Å²) >= 11 is 0. The van der Waals surface area contributed by atoms with Crippen LogP contribution < -0.4 is 0 Å². The Balaban J connectivity index is 2.42. The van der Waals surface area contributed by atoms with Gasteiger partial charge in [-0.2, -0.15) is 0 Å². The van der Waals surface area contributed by atoms with E-state index in [1.165, 1.54) is 25.7 Å². The van der Waals surface area contributed by atoms with E-state index in [2.05, 4.69) is 41.5 Å². The monoisotopic (exact) mass is 196 g/mol. The SMILES string of the molecule is CC(C)(C)CC1CC[C@@H](C(C)(C)C)C1. The van der Waals surface area contributed by atoms with Crippen molar-refractivity contribution in [1.82, 2.24) is 0 Å². The van der Waals surface area contributed by atoms with Crippen LogP contribution in [0.3, 0.4) is 0 Å². The number of hydrogen-bond acceptors (Lipinski definition) is 0. The minimum Gasteiger partial charge on any atom is -0.0602 e. The summed E-state index contributed by atoms with van der Waals surface area (Å²) in [6.45, 7) is 14.3. The molecule has 0 spiro atoms. The van der Waals surface area contributed by atoms with Gasteiger partial charge >= 0.3 is 0 Å². The van der Waals surface area contributed by atoms with E-state index in [1.807, 2.05) is 0 Å². The minimum atomic E-state index is 0.525. The van der Waals surface area contributed by atoms with E-state index in [1.54, 1.807) is 0 Å². The molecule has 0 heteroatoms. The van der Waals surface area contributed by atoms with Crippen LogP contribution in [0.5, 0.6) is 0 Å². The molecule has 0 aromatic rings. The van der Waals surface area contributed by atoms with Crippen LogP contribution in [0.1, 0.15) is 67.2 Å². The van der Waals surface area contributed by atoms with Gasteiger partial charge in [0.2, 0.25) is 0 Å². The summed E-state index contributed by atoms with van der Waals surface area (Å²) in [5.74, 6) is 1.97. The Labute approximate surface area is 90.5 Å². The van der Waals surface area contributed by atoms with Crippen LogP contribution in [0.2, 0.25) is 0 Å². The average Bonchev–Trinajstić information content (AvgIpc) is 2.29. The Morgan fingerprint density at radius 2 is 1.50 bits per heavy atom. The van der Waals surface area contributed by atoms with E-state index >= 15 is 0 Å². The molecule has 1 unspecified atom stereocenters. The molecule has 1 fully saturated rings. The van der Waals surface area contributed by atoms with E-state index < -0.39 is 0 Å². The summed E-state index contributed by atoms with van der Waals surface area (Å²) in [6.07, 6.45) is 5.82. The van der Waals surface area contributed by atoms with Gasteiger partial charge in [-0.25, -0.2) is 0 Å². The molecule has 0 heterocycles. The second-order valence-corrected chi connectivity index (χ2v) is 7.51. The van der Waals surface area contributed by atoms with E-state index in [0.717, 1.165) is 11.8 Å². The van der Waals surface area contributed by atoms with Crippen molar-refractivity contribution in [3.05, 3.63) is 0 Å². The fraction of sp³-hybridized carbons (Fsp3) is 1.00. The average molecular weight is 196 g/mol. The minimum absolute atomic E-state index is 0.525. The first-order valence-electron chi connectivity index (χ1n) is 6.18. The summed E-state index contributed by atoms with van der Waals surface area (Å²) in [5, 5.41) is 0. The zero-order valence-corrected chi connectivity index (χ0v) is 11.0. The Bertz CT molecular complexity index is 177. The lowest BCUT2D eigenvalue weighted by Gasteiger charge is -2.28. The maximum Gasteiger partial charge on any atom is -0.0354 e. The van der Waals surface area contributed by atoms with Gasteiger partial charge in [0, 0.05) is 0 Å². The van der Waals surface area contributed by atoms with Crippen molar-refractivity contribution in [2.24, 2.45) is 22.7 Å². The molecular weight excluding hydrogens is 168 g/mol. The molecule has 0 bridgehead atoms. The Morgan fingerprint density at radius 3 is 1.86 bits per heavy atom. The lowest BCUT2D eigenvalue weighted by Crippen LogP contribution is -2.18. The maximum absolute atomic E-state index is 2.40. The highest BCUT2D eigenvalue weighted by Crippen LogP contribution is 2.45. The van der Waals surface area contributed by atoms with Crippen LogP contribution in [-0.2, 0) is 0 Å². The highest BCUT2D eigenvalue weighted by molar-refractivity contribution is 4.85. The zero-order valence-electron chi connectivity index (χ0n) is 11.0. The standard InChI is InChI=1S/C14H28/c1-13(2,3)10-11-7-8-12(9-11)14(4,5)6/h11-12H,7-10H2,1-6H3/t11?,12-/m1/s1. The van der Waals surface area contributed by atoms with Gasteiger partial charge in [0.05, 0.1) is 0 Å². The molecule has 0 N–H and O–H groups in total. The van der Waals surface area contributed by atoms with E-state index in [0.29, 0.717) is 10.8 Å². The van der Waals surface area contributed by atoms with Crippen molar-refractivity contribution in [2.45, 2.75) is 67.2 Å². The zero-order chi connectivity index (χ0) is 11.0. The Kier molecular flexibility index (Phi) is 3.33. The molecule has 1 saturated carbocycles. The molecule has 0 nitrogen and oxygen atoms in total. The van der Waals surface area contributed by atoms with Gasteiger partial charge in [-0.3, -0.25) is 0 Å². The van der Waals surface area contributed by atoms with Crippen molar-refractivity contribution in [2.75, 3.05) is 0 Å². The van der Waals surface area contributed by atoms with Crippen LogP contribution in [0, 0.1) is 22.7 Å². The normalized spacial score (nSPS) is 29.6. The summed E-state index contributed by atoms with van der Waals surface area (Å²) in [5.41, 5.74) is 1.06. The van der Waals surface area contributed by atoms with E-state index in [-0.39, 0.29) is 0 Å². The van der Waals surface area contributed by atoms with Gasteiger partial charge in [0.1, 0.15) is 0 Å². The maximum atomic E-state index is 2.40. The Morgan fingerprint density at radius 1 is 0.929 bits per heavy atom. The van der Waals surface area contributed by atoms with E-state index in [4.69, 9.17) is 0 Å². The van der Waals surface area contributed by atoms with Crippen molar-refractivity contribution in [3.8, 4) is 0 Å². The second-order valence-electron chi connectivity index (χ2n) is 7.51. The first-order chi connectivity index (χ1) is 6.18. The van der Waals surface area contributed by atoms with Crippen LogP contribution >= 0.6 is 0 Å². The van der Waals surface area contributed by atoms with Gasteiger partial charge < -0.3 is 0 Å². The summed E-state index contributed by atoms with van der Waals surface area (Å²) in [7, 11) is 0. The molecule has 2 atom stereocenters. The molecular formula is C14H28. The first-order valence-corrected chi connectivity index (χ1v) is 6.18. The third-order valence-electron chi connectivity index (χ3n) is 3.67. The molecule has 1 aliphatic rings. The molecule has 0 aliphatic heterocycles. The smallest absolute Gasteiger partial charge is 0.0354 e. The molecule has 1 aliphatic carbocycles. The molecule has 1 rings (SSSR count). The molecule has 84 valence electrons. The largest absolute Gasteiger partial charge is 0.0602 e. The Hall–Kier alpha value is 0. The number of hydrogen-bond donors (Lipinski definition) is 0. The molecule has 0 aromatic carbocycles. The third-order valence-corrected chi connectivity index (χ3v) is 3.67. The molecule has 14 heavy (non-hydrogen) atoms. The molecule has 0 saturated heterocycles. The lowest BCUT2D eigenvalue weighted by molar-refractivity contribution is 0.224. The van der Waals surface area contributed by atoms with Crippen molar-refractivity contribution < 1.29 is 0 Å². The highest BCUT2D eigenvalue weighted by atomic mass is 14.4. The third kappa shape index (κ3) is 3.63. The predicted octanol–water partition coefficient (Wildman–Crippen LogP) is 4.89. The quantitative estimate of drug-likeness (QED) is 0.560. The summed E-state index contributed by atoms with van der Waals surface area (Å²) in [6, 6.07) is 0. The topological polar surface area (TPSA) is 0 Å². The molecule has 0 aromatic heterocycles. The van der Waals surface area contributed by atoms with Crippen molar-refractivity contribution >= 4 is 0 Å². The second kappa shape index (κ2) is 3.87.